The van der Waals surface area contributed by atoms with Gasteiger partial charge in [0, 0.05) is 70.8 Å². The number of piperazine rings is 1. The zero-order valence-corrected chi connectivity index (χ0v) is 41.9. The molecule has 0 saturated carbocycles. The monoisotopic (exact) mass is 991 g/mol. The fourth-order valence-corrected chi connectivity index (χ4v) is 9.07. The van der Waals surface area contributed by atoms with E-state index in [4.69, 9.17) is 42.4 Å². The molecule has 2 aliphatic heterocycles. The van der Waals surface area contributed by atoms with Crippen LogP contribution in [0, 0.1) is 13.8 Å². The van der Waals surface area contributed by atoms with Gasteiger partial charge in [0.1, 0.15) is 34.9 Å². The van der Waals surface area contributed by atoms with E-state index in [9.17, 15) is 4.79 Å². The van der Waals surface area contributed by atoms with Gasteiger partial charge in [-0.2, -0.15) is 0 Å². The van der Waals surface area contributed by atoms with Gasteiger partial charge in [0.15, 0.2) is 0 Å². The first-order chi connectivity index (χ1) is 34.5. The van der Waals surface area contributed by atoms with Crippen molar-refractivity contribution in [1.82, 2.24) is 45.1 Å². The number of nitrogens with zero attached hydrogens (tertiary/aromatic N) is 9. The van der Waals surface area contributed by atoms with Crippen molar-refractivity contribution in [2.75, 3.05) is 84.3 Å². The van der Waals surface area contributed by atoms with E-state index >= 15 is 0 Å². The van der Waals surface area contributed by atoms with Crippen LogP contribution < -0.4 is 24.8 Å². The van der Waals surface area contributed by atoms with Gasteiger partial charge in [-0.15, -0.1) is 20.4 Å². The quantitative estimate of drug-likeness (QED) is 0.112. The zero-order chi connectivity index (χ0) is 49.4. The van der Waals surface area contributed by atoms with E-state index in [0.29, 0.717) is 45.1 Å². The van der Waals surface area contributed by atoms with E-state index in [1.54, 1.807) is 14.2 Å². The number of rotatable bonds is 13. The number of benzene rings is 6. The number of hydrogen-bond donors (Lipinski definition) is 2. The highest BCUT2D eigenvalue weighted by Crippen LogP contribution is 2.36. The van der Waals surface area contributed by atoms with Gasteiger partial charge in [-0.05, 0) is 178 Å². The third-order valence-electron chi connectivity index (χ3n) is 12.7. The minimum atomic E-state index is 0.0562. The summed E-state index contributed by atoms with van der Waals surface area (Å²) in [5.74, 6) is 3.21. The van der Waals surface area contributed by atoms with Crippen LogP contribution in [0.2, 0.25) is 10.0 Å². The Labute approximate surface area is 423 Å². The average molecular weight is 993 g/mol. The van der Waals surface area contributed by atoms with Gasteiger partial charge in [0.25, 0.3) is 5.91 Å². The SMILES string of the molecule is COc1ccc(Cl)c(-c2cc(C)c3nc(Nc4ccc(OCCN5CCCC5)cc4)nnc3c2)c1.COc1ccc(Cl)c(-c2cc3nnc(Nc4ccc(C(=O)N5CCN(C)CC5)cc4)nc3cc2C)c1. The molecule has 17 heteroatoms. The molecule has 6 aromatic carbocycles. The molecule has 0 atom stereocenters. The number of carbonyl (C=O) groups excluding carboxylic acids is 1. The van der Waals surface area contributed by atoms with E-state index in [1.807, 2.05) is 122 Å². The van der Waals surface area contributed by atoms with Crippen molar-refractivity contribution in [1.29, 1.82) is 0 Å². The normalized spacial score (nSPS) is 14.0. The van der Waals surface area contributed by atoms with Crippen LogP contribution in [0.15, 0.2) is 109 Å². The van der Waals surface area contributed by atoms with Gasteiger partial charge < -0.3 is 34.6 Å². The highest BCUT2D eigenvalue weighted by molar-refractivity contribution is 6.34. The number of methoxy groups -OCH3 is 2. The third kappa shape index (κ3) is 11.9. The number of fused-ring (bicyclic) bond motifs is 2. The number of ether oxygens (including phenoxy) is 3. The van der Waals surface area contributed by atoms with Crippen molar-refractivity contribution in [3.63, 3.8) is 0 Å². The van der Waals surface area contributed by atoms with Gasteiger partial charge in [0.2, 0.25) is 11.9 Å². The van der Waals surface area contributed by atoms with Crippen molar-refractivity contribution in [2.45, 2.75) is 26.7 Å². The minimum absolute atomic E-state index is 0.0562. The summed E-state index contributed by atoms with van der Waals surface area (Å²) >= 11 is 12.9. The number of carbonyl (C=O) groups is 1. The second kappa shape index (κ2) is 22.3. The highest BCUT2D eigenvalue weighted by Gasteiger charge is 2.21. The molecule has 0 spiro atoms. The Morgan fingerprint density at radius 3 is 1.85 bits per heavy atom. The lowest BCUT2D eigenvalue weighted by atomic mass is 9.99. The number of aromatic nitrogens is 6. The van der Waals surface area contributed by atoms with Crippen LogP contribution in [0.1, 0.15) is 34.3 Å². The largest absolute Gasteiger partial charge is 0.497 e. The van der Waals surface area contributed by atoms with E-state index in [0.717, 1.165) is 106 Å². The Morgan fingerprint density at radius 2 is 1.18 bits per heavy atom. The van der Waals surface area contributed by atoms with E-state index in [2.05, 4.69) is 58.9 Å². The van der Waals surface area contributed by atoms with E-state index in [-0.39, 0.29) is 5.91 Å². The highest BCUT2D eigenvalue weighted by atomic mass is 35.5. The molecule has 364 valence electrons. The fourth-order valence-electron chi connectivity index (χ4n) is 8.62. The first kappa shape index (κ1) is 48.8. The Morgan fingerprint density at radius 1 is 0.592 bits per heavy atom. The zero-order valence-electron chi connectivity index (χ0n) is 40.4. The smallest absolute Gasteiger partial charge is 0.253 e. The molecule has 1 amide bonds. The lowest BCUT2D eigenvalue weighted by Gasteiger charge is -2.32. The summed E-state index contributed by atoms with van der Waals surface area (Å²) in [6.07, 6.45) is 2.59. The summed E-state index contributed by atoms with van der Waals surface area (Å²) in [6.45, 7) is 11.3. The molecule has 4 heterocycles. The average Bonchev–Trinajstić information content (AvgIpc) is 3.91. The summed E-state index contributed by atoms with van der Waals surface area (Å²) in [4.78, 5) is 28.7. The number of aryl methyl sites for hydroxylation is 2. The van der Waals surface area contributed by atoms with Crippen LogP contribution in [0.3, 0.4) is 0 Å². The first-order valence-electron chi connectivity index (χ1n) is 23.6. The van der Waals surface area contributed by atoms with Crippen LogP contribution in [0.5, 0.6) is 17.2 Å². The predicted octanol–water partition coefficient (Wildman–Crippen LogP) is 10.7. The number of likely N-dealkylation sites (tertiary alicyclic amines) is 1. The molecule has 2 fully saturated rings. The first-order valence-corrected chi connectivity index (χ1v) is 24.3. The Hall–Kier alpha value is -7.17. The second-order valence-electron chi connectivity index (χ2n) is 17.6. The molecule has 71 heavy (non-hydrogen) atoms. The standard InChI is InChI=1S/C27H27ClN6O2.C27H28ClN5O2/c1-17-14-24-25(16-21(17)22-15-20(36-3)8-9-23(22)28)31-32-27(30-24)29-19-6-4-18(5-7-19)26(35)34-12-10-33(2)11-13-34;1-18-15-19(23-17-22(34-2)9-10-24(23)28)16-25-26(18)30-27(32-31-25)29-20-5-7-21(8-6-20)35-14-13-33-11-3-4-12-33/h4-9,14-16H,10-13H2,1-3H3,(H,29,30,32);5-10,15-17H,3-4,11-14H2,1-2H3,(H,29,30,32). The molecule has 0 aliphatic carbocycles. The number of hydrogen-bond acceptors (Lipinski definition) is 14. The van der Waals surface area contributed by atoms with Crippen molar-refractivity contribution < 1.29 is 19.0 Å². The number of anilines is 4. The Balaban J connectivity index is 0.000000176. The topological polar surface area (TPSA) is 156 Å². The summed E-state index contributed by atoms with van der Waals surface area (Å²) in [5, 5.41) is 25.0. The molecule has 0 bridgehead atoms. The van der Waals surface area contributed by atoms with Gasteiger partial charge in [0.05, 0.1) is 25.3 Å². The van der Waals surface area contributed by atoms with Gasteiger partial charge in [-0.25, -0.2) is 9.97 Å². The molecule has 2 aromatic heterocycles. The molecule has 0 unspecified atom stereocenters. The van der Waals surface area contributed by atoms with Gasteiger partial charge in [-0.1, -0.05) is 23.2 Å². The fraction of sp³-hybridized carbons (Fsp3) is 0.278. The molecule has 2 N–H and O–H groups in total. The Kier molecular flexibility index (Phi) is 15.3. The Bertz CT molecular complexity index is 3170. The van der Waals surface area contributed by atoms with E-state index in [1.165, 1.54) is 25.9 Å². The van der Waals surface area contributed by atoms with Crippen molar-refractivity contribution in [2.24, 2.45) is 0 Å². The molecular formula is C54H55Cl2N11O4. The predicted molar refractivity (Wildman–Crippen MR) is 282 cm³/mol. The van der Waals surface area contributed by atoms with Crippen molar-refractivity contribution >= 4 is 74.4 Å². The third-order valence-corrected chi connectivity index (χ3v) is 13.3. The maximum Gasteiger partial charge on any atom is 0.253 e. The summed E-state index contributed by atoms with van der Waals surface area (Å²) in [6, 6.07) is 34.2. The molecule has 8 aromatic rings. The summed E-state index contributed by atoms with van der Waals surface area (Å²) in [7, 11) is 5.34. The summed E-state index contributed by atoms with van der Waals surface area (Å²) in [5.41, 5.74) is 10.8. The lowest BCUT2D eigenvalue weighted by Crippen LogP contribution is -2.47. The van der Waals surface area contributed by atoms with Crippen molar-refractivity contribution in [3.8, 4) is 39.5 Å². The maximum absolute atomic E-state index is 12.8. The molecule has 2 saturated heterocycles. The number of likely N-dealkylation sites (N-methyl/N-ethyl adjacent to an activating group) is 1. The second-order valence-corrected chi connectivity index (χ2v) is 18.4. The van der Waals surface area contributed by atoms with Gasteiger partial charge >= 0.3 is 0 Å². The van der Waals surface area contributed by atoms with Crippen molar-refractivity contribution in [3.05, 3.63) is 136 Å². The molecule has 10 rings (SSSR count). The minimum Gasteiger partial charge on any atom is -0.497 e. The van der Waals surface area contributed by atoms with Gasteiger partial charge in [-0.3, -0.25) is 9.69 Å². The number of halogens is 2. The van der Waals surface area contributed by atoms with Crippen LogP contribution in [0.25, 0.3) is 44.3 Å². The number of amides is 1. The summed E-state index contributed by atoms with van der Waals surface area (Å²) < 4.78 is 16.6. The van der Waals surface area contributed by atoms with Crippen LogP contribution in [-0.4, -0.2) is 125 Å². The van der Waals surface area contributed by atoms with Crippen LogP contribution in [-0.2, 0) is 0 Å². The van der Waals surface area contributed by atoms with E-state index < -0.39 is 0 Å². The molecular weight excluding hydrogens is 938 g/mol. The number of nitrogens with one attached hydrogen (secondary N) is 2. The molecule has 2 aliphatic rings. The van der Waals surface area contributed by atoms with Crippen LogP contribution in [0.4, 0.5) is 23.3 Å². The lowest BCUT2D eigenvalue weighted by molar-refractivity contribution is 0.0664. The molecule has 15 nitrogen and oxygen atoms in total. The molecule has 0 radical (unpaired) electrons. The van der Waals surface area contributed by atoms with Crippen LogP contribution >= 0.6 is 23.2 Å². The maximum atomic E-state index is 12.8.